The Bertz CT molecular complexity index is 1200. The molecule has 7 nitrogen and oxygen atoms in total. The van der Waals surface area contributed by atoms with Gasteiger partial charge in [0.25, 0.3) is 0 Å². The minimum Gasteiger partial charge on any atom is -0.351 e. The number of carbonyl (C=O) groups is 1. The Hall–Kier alpha value is -3.33. The molecule has 1 aromatic carbocycles. The number of aryl methyl sites for hydroxylation is 1. The number of nitrogens with zero attached hydrogens (tertiary/aromatic N) is 4. The molecule has 0 atom stereocenters. The maximum absolute atomic E-state index is 13.5. The van der Waals surface area contributed by atoms with E-state index < -0.39 is 5.82 Å². The molecule has 0 saturated carbocycles. The highest BCUT2D eigenvalue weighted by atomic mass is 32.1. The van der Waals surface area contributed by atoms with Crippen LogP contribution in [0.3, 0.4) is 0 Å². The highest BCUT2D eigenvalue weighted by molar-refractivity contribution is 7.09. The van der Waals surface area contributed by atoms with Crippen LogP contribution in [0, 0.1) is 5.82 Å². The Morgan fingerprint density at radius 1 is 1.17 bits per heavy atom. The lowest BCUT2D eigenvalue weighted by Gasteiger charge is -2.06. The van der Waals surface area contributed by atoms with E-state index in [2.05, 4.69) is 15.5 Å². The van der Waals surface area contributed by atoms with E-state index in [0.717, 1.165) is 4.88 Å². The summed E-state index contributed by atoms with van der Waals surface area (Å²) in [6.45, 7) is 0.532. The zero-order chi connectivity index (χ0) is 20.2. The van der Waals surface area contributed by atoms with Crippen molar-refractivity contribution < 1.29 is 9.18 Å². The molecule has 0 unspecified atom stereocenters. The van der Waals surface area contributed by atoms with Crippen molar-refractivity contribution in [3.8, 4) is 5.69 Å². The van der Waals surface area contributed by atoms with Crippen LogP contribution in [0.15, 0.2) is 59.0 Å². The fourth-order valence-corrected chi connectivity index (χ4v) is 3.67. The molecular weight excluding hydrogens is 393 g/mol. The van der Waals surface area contributed by atoms with Gasteiger partial charge in [-0.15, -0.1) is 21.5 Å². The van der Waals surface area contributed by atoms with E-state index in [1.165, 1.54) is 16.7 Å². The Morgan fingerprint density at radius 2 is 2.07 bits per heavy atom. The lowest BCUT2D eigenvalue weighted by atomic mass is 10.2. The zero-order valence-electron chi connectivity index (χ0n) is 15.4. The van der Waals surface area contributed by atoms with Crippen LogP contribution < -0.4 is 10.9 Å². The molecule has 0 fully saturated rings. The minimum absolute atomic E-state index is 0.0271. The van der Waals surface area contributed by atoms with Gasteiger partial charge in [0.15, 0.2) is 0 Å². The number of carbonyl (C=O) groups excluding carboxylic acids is 1. The molecule has 3 aromatic heterocycles. The predicted octanol–water partition coefficient (Wildman–Crippen LogP) is 2.72. The van der Waals surface area contributed by atoms with Crippen LogP contribution in [0.25, 0.3) is 11.3 Å². The molecule has 4 rings (SSSR count). The van der Waals surface area contributed by atoms with Crippen molar-refractivity contribution in [2.75, 3.05) is 0 Å². The second-order valence-corrected chi connectivity index (χ2v) is 7.50. The third-order valence-corrected chi connectivity index (χ3v) is 5.35. The van der Waals surface area contributed by atoms with Gasteiger partial charge in [0, 0.05) is 30.1 Å². The van der Waals surface area contributed by atoms with Crippen LogP contribution in [-0.4, -0.2) is 25.1 Å². The number of halogens is 1. The van der Waals surface area contributed by atoms with Gasteiger partial charge in [0.1, 0.15) is 11.6 Å². The van der Waals surface area contributed by atoms with Gasteiger partial charge >= 0.3 is 5.56 Å². The lowest BCUT2D eigenvalue weighted by Crippen LogP contribution is -2.22. The van der Waals surface area contributed by atoms with Crippen molar-refractivity contribution in [2.24, 2.45) is 0 Å². The molecule has 1 N–H and O–H groups in total. The number of aromatic nitrogens is 4. The van der Waals surface area contributed by atoms with Gasteiger partial charge in [-0.05, 0) is 36.1 Å². The van der Waals surface area contributed by atoms with Gasteiger partial charge < -0.3 is 5.32 Å². The number of nitrogens with one attached hydrogen (secondary N) is 1. The summed E-state index contributed by atoms with van der Waals surface area (Å²) in [5, 5.41) is 12.9. The molecule has 0 spiro atoms. The topological polar surface area (TPSA) is 81.3 Å². The van der Waals surface area contributed by atoms with Crippen LogP contribution in [0.1, 0.15) is 23.5 Å². The quantitative estimate of drug-likeness (QED) is 0.507. The fourth-order valence-electron chi connectivity index (χ4n) is 3.03. The van der Waals surface area contributed by atoms with Gasteiger partial charge in [0.05, 0.1) is 12.2 Å². The molecular formula is C20H18FN5O2S. The monoisotopic (exact) mass is 411 g/mol. The number of amides is 1. The van der Waals surface area contributed by atoms with Crippen LogP contribution in [-0.2, 0) is 17.8 Å². The second-order valence-electron chi connectivity index (χ2n) is 6.47. The maximum Gasteiger partial charge on any atom is 0.300 e. The standard InChI is InChI=1S/C20H18FN5O2S/c21-14-4-1-5-15(12-14)25-9-10-26-17(23-24-19(26)20(25)28)7-2-8-18(27)22-13-16-6-3-11-29-16/h1,3-6,9-12H,2,7-8,13H2,(H,22,27). The number of hydrogen-bond acceptors (Lipinski definition) is 5. The number of thiophene rings is 1. The van der Waals surface area contributed by atoms with Crippen molar-refractivity contribution in [1.29, 1.82) is 0 Å². The molecule has 0 bridgehead atoms. The third-order valence-electron chi connectivity index (χ3n) is 4.47. The molecule has 148 valence electrons. The van der Waals surface area contributed by atoms with Crippen LogP contribution >= 0.6 is 11.3 Å². The smallest absolute Gasteiger partial charge is 0.300 e. The Kier molecular flexibility index (Phi) is 5.48. The van der Waals surface area contributed by atoms with Crippen LogP contribution in [0.4, 0.5) is 4.39 Å². The summed E-state index contributed by atoms with van der Waals surface area (Å²) in [5.74, 6) is 0.156. The summed E-state index contributed by atoms with van der Waals surface area (Å²) < 4.78 is 16.4. The third kappa shape index (κ3) is 4.24. The first-order valence-corrected chi connectivity index (χ1v) is 10.00. The largest absolute Gasteiger partial charge is 0.351 e. The molecule has 3 heterocycles. The summed E-state index contributed by atoms with van der Waals surface area (Å²) in [5.41, 5.74) is 0.198. The van der Waals surface area contributed by atoms with Crippen LogP contribution in [0.2, 0.25) is 0 Å². The van der Waals surface area contributed by atoms with E-state index in [9.17, 15) is 14.0 Å². The Morgan fingerprint density at radius 3 is 2.86 bits per heavy atom. The summed E-state index contributed by atoms with van der Waals surface area (Å²) in [4.78, 5) is 25.8. The highest BCUT2D eigenvalue weighted by Gasteiger charge is 2.12. The number of benzene rings is 1. The normalized spacial score (nSPS) is 11.1. The van der Waals surface area contributed by atoms with E-state index in [-0.39, 0.29) is 17.1 Å². The number of rotatable bonds is 7. The van der Waals surface area contributed by atoms with Crippen molar-refractivity contribution >= 4 is 22.9 Å². The Balaban J connectivity index is 1.42. The summed E-state index contributed by atoms with van der Waals surface area (Å²) in [6.07, 6.45) is 4.69. The SMILES string of the molecule is O=C(CCCc1nnc2c(=O)n(-c3cccc(F)c3)ccn12)NCc1cccs1. The molecule has 9 heteroatoms. The summed E-state index contributed by atoms with van der Waals surface area (Å²) in [7, 11) is 0. The maximum atomic E-state index is 13.5. The molecule has 4 aromatic rings. The van der Waals surface area contributed by atoms with E-state index in [4.69, 9.17) is 0 Å². The highest BCUT2D eigenvalue weighted by Crippen LogP contribution is 2.10. The van der Waals surface area contributed by atoms with E-state index in [1.807, 2.05) is 17.5 Å². The average molecular weight is 411 g/mol. The second kappa shape index (κ2) is 8.36. The zero-order valence-corrected chi connectivity index (χ0v) is 16.2. The van der Waals surface area contributed by atoms with Gasteiger partial charge in [-0.2, -0.15) is 0 Å². The Labute approximate surface area is 169 Å². The van der Waals surface area contributed by atoms with Crippen molar-refractivity contribution in [2.45, 2.75) is 25.8 Å². The van der Waals surface area contributed by atoms with E-state index in [0.29, 0.717) is 37.3 Å². The number of hydrogen-bond donors (Lipinski definition) is 1. The molecule has 0 aliphatic rings. The summed E-state index contributed by atoms with van der Waals surface area (Å²) in [6, 6.07) is 9.71. The molecule has 0 radical (unpaired) electrons. The molecule has 0 aliphatic carbocycles. The molecule has 0 saturated heterocycles. The molecule has 29 heavy (non-hydrogen) atoms. The minimum atomic E-state index is -0.422. The average Bonchev–Trinajstić information content (AvgIpc) is 3.37. The van der Waals surface area contributed by atoms with Gasteiger partial charge in [-0.1, -0.05) is 12.1 Å². The number of fused-ring (bicyclic) bond motifs is 1. The van der Waals surface area contributed by atoms with Gasteiger partial charge in [-0.3, -0.25) is 18.6 Å². The molecule has 0 aliphatic heterocycles. The van der Waals surface area contributed by atoms with E-state index in [1.54, 1.807) is 40.3 Å². The first-order chi connectivity index (χ1) is 14.1. The fraction of sp³-hybridized carbons (Fsp3) is 0.200. The van der Waals surface area contributed by atoms with Crippen LogP contribution in [0.5, 0.6) is 0 Å². The van der Waals surface area contributed by atoms with Crippen molar-refractivity contribution in [3.05, 3.63) is 81.0 Å². The van der Waals surface area contributed by atoms with E-state index >= 15 is 0 Å². The lowest BCUT2D eigenvalue weighted by molar-refractivity contribution is -0.121. The predicted molar refractivity (Wildman–Crippen MR) is 108 cm³/mol. The van der Waals surface area contributed by atoms with Gasteiger partial charge in [0.2, 0.25) is 11.6 Å². The van der Waals surface area contributed by atoms with Crippen molar-refractivity contribution in [3.63, 3.8) is 0 Å². The van der Waals surface area contributed by atoms with Crippen molar-refractivity contribution in [1.82, 2.24) is 24.5 Å². The van der Waals surface area contributed by atoms with Gasteiger partial charge in [-0.25, -0.2) is 4.39 Å². The first kappa shape index (κ1) is 19.0. The first-order valence-electron chi connectivity index (χ1n) is 9.12. The summed E-state index contributed by atoms with van der Waals surface area (Å²) >= 11 is 1.60. The molecule has 1 amide bonds.